The van der Waals surface area contributed by atoms with Crippen molar-refractivity contribution in [2.75, 3.05) is 7.05 Å². The minimum atomic E-state index is -4.34. The van der Waals surface area contributed by atoms with E-state index in [-0.39, 0.29) is 0 Å². The minimum Gasteiger partial charge on any atom is -0.316 e. The standard InChI is InChI=1S/C14H13F3N2S/c1-18-8-10-2-5-12(6-3-10)20-13-7-4-11(9-19-13)14(15,16)17/h2-7,9,18H,8H2,1H3. The van der Waals surface area contributed by atoms with Gasteiger partial charge in [-0.2, -0.15) is 13.2 Å². The van der Waals surface area contributed by atoms with Gasteiger partial charge >= 0.3 is 6.18 Å². The number of pyridine rings is 1. The lowest BCUT2D eigenvalue weighted by molar-refractivity contribution is -0.137. The highest BCUT2D eigenvalue weighted by molar-refractivity contribution is 7.99. The summed E-state index contributed by atoms with van der Waals surface area (Å²) in [5, 5.41) is 3.59. The maximum atomic E-state index is 12.4. The number of aromatic nitrogens is 1. The summed E-state index contributed by atoms with van der Waals surface area (Å²) in [4.78, 5) is 4.77. The molecule has 0 atom stereocenters. The van der Waals surface area contributed by atoms with Gasteiger partial charge in [-0.05, 0) is 36.9 Å². The van der Waals surface area contributed by atoms with Crippen LogP contribution in [0.2, 0.25) is 0 Å². The summed E-state index contributed by atoms with van der Waals surface area (Å²) in [6.45, 7) is 0.781. The van der Waals surface area contributed by atoms with Gasteiger partial charge in [0.05, 0.1) is 5.56 Å². The fourth-order valence-corrected chi connectivity index (χ4v) is 2.36. The zero-order valence-corrected chi connectivity index (χ0v) is 11.6. The lowest BCUT2D eigenvalue weighted by Gasteiger charge is -2.07. The highest BCUT2D eigenvalue weighted by Gasteiger charge is 2.30. The molecule has 0 bridgehead atoms. The van der Waals surface area contributed by atoms with E-state index in [9.17, 15) is 13.2 Å². The number of hydrogen-bond donors (Lipinski definition) is 1. The molecule has 106 valence electrons. The molecule has 0 saturated heterocycles. The quantitative estimate of drug-likeness (QED) is 0.924. The van der Waals surface area contributed by atoms with E-state index in [1.54, 1.807) is 0 Å². The third-order valence-electron chi connectivity index (χ3n) is 2.59. The van der Waals surface area contributed by atoms with Crippen LogP contribution in [-0.2, 0) is 12.7 Å². The van der Waals surface area contributed by atoms with Crippen LogP contribution in [0, 0.1) is 0 Å². The number of benzene rings is 1. The van der Waals surface area contributed by atoms with E-state index in [0.29, 0.717) is 5.03 Å². The molecule has 0 aliphatic carbocycles. The molecule has 0 saturated carbocycles. The lowest BCUT2D eigenvalue weighted by Crippen LogP contribution is -2.05. The molecule has 0 fully saturated rings. The maximum absolute atomic E-state index is 12.4. The highest BCUT2D eigenvalue weighted by Crippen LogP contribution is 2.31. The topological polar surface area (TPSA) is 24.9 Å². The molecule has 1 aromatic heterocycles. The van der Waals surface area contributed by atoms with Crippen LogP contribution in [0.1, 0.15) is 11.1 Å². The first kappa shape index (κ1) is 14.9. The molecule has 20 heavy (non-hydrogen) atoms. The predicted octanol–water partition coefficient (Wildman–Crippen LogP) is 3.97. The minimum absolute atomic E-state index is 0.541. The molecule has 0 amide bonds. The van der Waals surface area contributed by atoms with Crippen LogP contribution in [0.3, 0.4) is 0 Å². The summed E-state index contributed by atoms with van der Waals surface area (Å²) in [6.07, 6.45) is -3.48. The van der Waals surface area contributed by atoms with Crippen LogP contribution in [0.25, 0.3) is 0 Å². The second kappa shape index (κ2) is 6.28. The van der Waals surface area contributed by atoms with Gasteiger partial charge in [-0.25, -0.2) is 4.98 Å². The Bertz CT molecular complexity index is 550. The monoisotopic (exact) mass is 298 g/mol. The largest absolute Gasteiger partial charge is 0.417 e. The molecule has 1 aromatic carbocycles. The van der Waals surface area contributed by atoms with Crippen LogP contribution in [0.4, 0.5) is 13.2 Å². The van der Waals surface area contributed by atoms with Crippen LogP contribution in [-0.4, -0.2) is 12.0 Å². The molecule has 0 radical (unpaired) electrons. The summed E-state index contributed by atoms with van der Waals surface area (Å²) in [5.74, 6) is 0. The molecule has 2 aromatic rings. The van der Waals surface area contributed by atoms with E-state index in [4.69, 9.17) is 0 Å². The Hall–Kier alpha value is -1.53. The van der Waals surface area contributed by atoms with Crippen molar-refractivity contribution < 1.29 is 13.2 Å². The van der Waals surface area contributed by atoms with E-state index in [1.807, 2.05) is 31.3 Å². The molecular weight excluding hydrogens is 285 g/mol. The van der Waals surface area contributed by atoms with Crippen molar-refractivity contribution in [1.82, 2.24) is 10.3 Å². The van der Waals surface area contributed by atoms with E-state index in [1.165, 1.54) is 17.8 Å². The van der Waals surface area contributed by atoms with E-state index < -0.39 is 11.7 Å². The zero-order valence-electron chi connectivity index (χ0n) is 10.7. The van der Waals surface area contributed by atoms with Crippen molar-refractivity contribution in [3.63, 3.8) is 0 Å². The van der Waals surface area contributed by atoms with Gasteiger partial charge in [0.1, 0.15) is 5.03 Å². The number of nitrogens with zero attached hydrogens (tertiary/aromatic N) is 1. The summed E-state index contributed by atoms with van der Waals surface area (Å²) < 4.78 is 37.2. The van der Waals surface area contributed by atoms with Gasteiger partial charge < -0.3 is 5.32 Å². The first-order valence-corrected chi connectivity index (χ1v) is 6.75. The van der Waals surface area contributed by atoms with Gasteiger partial charge in [0.25, 0.3) is 0 Å². The maximum Gasteiger partial charge on any atom is 0.417 e. The van der Waals surface area contributed by atoms with Gasteiger partial charge in [-0.15, -0.1) is 0 Å². The van der Waals surface area contributed by atoms with Gasteiger partial charge in [0, 0.05) is 17.6 Å². The number of rotatable bonds is 4. The Morgan fingerprint density at radius 3 is 2.30 bits per heavy atom. The number of nitrogens with one attached hydrogen (secondary N) is 1. The van der Waals surface area contributed by atoms with Crippen LogP contribution >= 0.6 is 11.8 Å². The fraction of sp³-hybridized carbons (Fsp3) is 0.214. The molecular formula is C14H13F3N2S. The molecule has 1 N–H and O–H groups in total. The van der Waals surface area contributed by atoms with Crippen molar-refractivity contribution >= 4 is 11.8 Å². The third kappa shape index (κ3) is 3.98. The summed E-state index contributed by atoms with van der Waals surface area (Å²) in [6, 6.07) is 10.2. The van der Waals surface area contributed by atoms with E-state index in [2.05, 4.69) is 10.3 Å². The Morgan fingerprint density at radius 2 is 1.80 bits per heavy atom. The number of halogens is 3. The van der Waals surface area contributed by atoms with Crippen LogP contribution in [0.5, 0.6) is 0 Å². The SMILES string of the molecule is CNCc1ccc(Sc2ccc(C(F)(F)F)cn2)cc1. The molecule has 0 aliphatic heterocycles. The Morgan fingerprint density at radius 1 is 1.10 bits per heavy atom. The number of hydrogen-bond acceptors (Lipinski definition) is 3. The fourth-order valence-electron chi connectivity index (χ4n) is 1.61. The van der Waals surface area contributed by atoms with Crippen molar-refractivity contribution in [2.24, 2.45) is 0 Å². The molecule has 0 spiro atoms. The van der Waals surface area contributed by atoms with E-state index >= 15 is 0 Å². The molecule has 1 heterocycles. The van der Waals surface area contributed by atoms with Gasteiger partial charge in [-0.3, -0.25) is 0 Å². The highest BCUT2D eigenvalue weighted by atomic mass is 32.2. The van der Waals surface area contributed by atoms with E-state index in [0.717, 1.165) is 29.3 Å². The van der Waals surface area contributed by atoms with Crippen molar-refractivity contribution in [1.29, 1.82) is 0 Å². The summed E-state index contributed by atoms with van der Waals surface area (Å²) in [7, 11) is 1.87. The first-order valence-electron chi connectivity index (χ1n) is 5.93. The van der Waals surface area contributed by atoms with Crippen LogP contribution < -0.4 is 5.32 Å². The van der Waals surface area contributed by atoms with Gasteiger partial charge in [0.2, 0.25) is 0 Å². The Balaban J connectivity index is 2.06. The number of alkyl halides is 3. The van der Waals surface area contributed by atoms with Gasteiger partial charge in [-0.1, -0.05) is 23.9 Å². The van der Waals surface area contributed by atoms with Crippen molar-refractivity contribution in [3.05, 3.63) is 53.7 Å². The van der Waals surface area contributed by atoms with Gasteiger partial charge in [0.15, 0.2) is 0 Å². The summed E-state index contributed by atoms with van der Waals surface area (Å²) >= 11 is 1.33. The predicted molar refractivity (Wildman–Crippen MR) is 72.6 cm³/mol. The molecule has 0 unspecified atom stereocenters. The zero-order chi connectivity index (χ0) is 14.6. The second-order valence-electron chi connectivity index (χ2n) is 4.16. The lowest BCUT2D eigenvalue weighted by atomic mass is 10.2. The summed E-state index contributed by atoms with van der Waals surface area (Å²) in [5.41, 5.74) is 0.420. The Kier molecular flexibility index (Phi) is 4.67. The first-order chi connectivity index (χ1) is 9.49. The average molecular weight is 298 g/mol. The Labute approximate surface area is 119 Å². The van der Waals surface area contributed by atoms with Crippen molar-refractivity contribution in [2.45, 2.75) is 22.6 Å². The van der Waals surface area contributed by atoms with Crippen LogP contribution in [0.15, 0.2) is 52.5 Å². The molecule has 6 heteroatoms. The molecule has 2 rings (SSSR count). The smallest absolute Gasteiger partial charge is 0.316 e. The van der Waals surface area contributed by atoms with Crippen molar-refractivity contribution in [3.8, 4) is 0 Å². The molecule has 0 aliphatic rings. The molecule has 2 nitrogen and oxygen atoms in total. The normalized spacial score (nSPS) is 11.6. The average Bonchev–Trinajstić information content (AvgIpc) is 2.41. The second-order valence-corrected chi connectivity index (χ2v) is 5.25. The third-order valence-corrected chi connectivity index (χ3v) is 3.55.